The van der Waals surface area contributed by atoms with Crippen LogP contribution in [0.15, 0.2) is 27.4 Å². The lowest BCUT2D eigenvalue weighted by Crippen LogP contribution is -2.39. The number of rotatable bonds is 4. The molecule has 0 aliphatic carbocycles. The molecule has 4 heterocycles. The van der Waals surface area contributed by atoms with Gasteiger partial charge in [-0.2, -0.15) is 11.3 Å². The molecule has 2 aromatic rings. The second kappa shape index (κ2) is 6.69. The Morgan fingerprint density at radius 2 is 2.17 bits per heavy atom. The van der Waals surface area contributed by atoms with E-state index in [1.54, 1.807) is 11.3 Å². The van der Waals surface area contributed by atoms with E-state index >= 15 is 0 Å². The van der Waals surface area contributed by atoms with Crippen molar-refractivity contribution in [3.63, 3.8) is 0 Å². The number of carbonyl (C=O) groups excluding carboxylic acids is 1. The highest BCUT2D eigenvalue weighted by Gasteiger charge is 2.35. The van der Waals surface area contributed by atoms with Gasteiger partial charge >= 0.3 is 0 Å². The summed E-state index contributed by atoms with van der Waals surface area (Å²) in [5.41, 5.74) is 2.19. The highest BCUT2D eigenvalue weighted by Crippen LogP contribution is 2.35. The van der Waals surface area contributed by atoms with Gasteiger partial charge in [-0.05, 0) is 61.5 Å². The van der Waals surface area contributed by atoms with E-state index in [1.165, 1.54) is 5.56 Å². The molecule has 0 spiro atoms. The van der Waals surface area contributed by atoms with Crippen molar-refractivity contribution >= 4 is 17.2 Å². The molecule has 2 aromatic heterocycles. The third kappa shape index (κ3) is 3.00. The quantitative estimate of drug-likeness (QED) is 0.850. The summed E-state index contributed by atoms with van der Waals surface area (Å²) in [5.74, 6) is 1.14. The molecule has 0 aromatic carbocycles. The lowest BCUT2D eigenvalue weighted by molar-refractivity contribution is -0.133. The largest absolute Gasteiger partial charge is 0.359 e. The molecular formula is C18H23N3O2S. The number of hydrogen-bond donors (Lipinski definition) is 0. The number of aryl methyl sites for hydroxylation is 1. The van der Waals surface area contributed by atoms with Crippen LogP contribution in [0.3, 0.4) is 0 Å². The van der Waals surface area contributed by atoms with Gasteiger partial charge in [0.15, 0.2) is 5.76 Å². The first-order chi connectivity index (χ1) is 11.7. The van der Waals surface area contributed by atoms with Crippen molar-refractivity contribution in [2.45, 2.75) is 44.7 Å². The molecule has 5 nitrogen and oxygen atoms in total. The normalized spacial score (nSPS) is 24.8. The van der Waals surface area contributed by atoms with Crippen LogP contribution < -0.4 is 0 Å². The molecule has 2 aliphatic rings. The number of hydrogen-bond acceptors (Lipinski definition) is 5. The predicted molar refractivity (Wildman–Crippen MR) is 92.8 cm³/mol. The van der Waals surface area contributed by atoms with Crippen LogP contribution in [0, 0.1) is 6.92 Å². The fourth-order valence-electron chi connectivity index (χ4n) is 4.02. The molecular weight excluding hydrogens is 322 g/mol. The summed E-state index contributed by atoms with van der Waals surface area (Å²) < 4.78 is 5.45. The molecule has 2 aliphatic heterocycles. The fourth-order valence-corrected chi connectivity index (χ4v) is 4.73. The molecule has 0 N–H and O–H groups in total. The summed E-state index contributed by atoms with van der Waals surface area (Å²) in [6.07, 6.45) is 4.31. The molecule has 0 bridgehead atoms. The van der Waals surface area contributed by atoms with Crippen LogP contribution in [0.25, 0.3) is 0 Å². The minimum absolute atomic E-state index is 0.192. The Hall–Kier alpha value is -1.66. The summed E-state index contributed by atoms with van der Waals surface area (Å²) in [6, 6.07) is 4.60. The smallest absolute Gasteiger partial charge is 0.237 e. The fraction of sp³-hybridized carbons (Fsp3) is 0.556. The highest BCUT2D eigenvalue weighted by atomic mass is 32.1. The van der Waals surface area contributed by atoms with Crippen molar-refractivity contribution in [1.82, 2.24) is 15.0 Å². The Kier molecular flexibility index (Phi) is 4.41. The van der Waals surface area contributed by atoms with Gasteiger partial charge < -0.3 is 9.42 Å². The minimum Gasteiger partial charge on any atom is -0.359 e. The van der Waals surface area contributed by atoms with Crippen LogP contribution in [0.5, 0.6) is 0 Å². The van der Waals surface area contributed by atoms with Crippen LogP contribution in [0.2, 0.25) is 0 Å². The number of amides is 1. The number of thiophene rings is 1. The second-order valence-corrected chi connectivity index (χ2v) is 7.58. The Labute approximate surface area is 146 Å². The number of aromatic nitrogens is 1. The second-order valence-electron chi connectivity index (χ2n) is 6.80. The maximum Gasteiger partial charge on any atom is 0.237 e. The first-order valence-corrected chi connectivity index (χ1v) is 9.65. The number of nitrogens with zero attached hydrogens (tertiary/aromatic N) is 3. The molecule has 0 saturated carbocycles. The topological polar surface area (TPSA) is 49.6 Å². The summed E-state index contributed by atoms with van der Waals surface area (Å²) in [5, 5.41) is 8.27. The van der Waals surface area contributed by atoms with Crippen molar-refractivity contribution in [2.75, 3.05) is 19.6 Å². The van der Waals surface area contributed by atoms with Crippen LogP contribution in [0.1, 0.15) is 54.8 Å². The van der Waals surface area contributed by atoms with Crippen molar-refractivity contribution in [2.24, 2.45) is 0 Å². The summed E-state index contributed by atoms with van der Waals surface area (Å²) in [4.78, 5) is 17.3. The number of likely N-dealkylation sites (tertiary alicyclic amines) is 2. The van der Waals surface area contributed by atoms with Crippen molar-refractivity contribution in [3.8, 4) is 0 Å². The first kappa shape index (κ1) is 15.8. The zero-order chi connectivity index (χ0) is 16.5. The molecule has 0 unspecified atom stereocenters. The zero-order valence-corrected chi connectivity index (χ0v) is 14.8. The van der Waals surface area contributed by atoms with Gasteiger partial charge in [-0.3, -0.25) is 9.69 Å². The molecule has 6 heteroatoms. The standard InChI is InChI=1S/C18H23N3O2S/c1-13-10-17(23-19-13)16-5-2-7-20(16)11-18(22)21-8-3-4-15(21)14-6-9-24-12-14/h6,9-10,12,15-16H,2-5,7-8,11H2,1H3/t15-,16+/m0/s1. The lowest BCUT2D eigenvalue weighted by Gasteiger charge is -2.28. The molecule has 2 fully saturated rings. The highest BCUT2D eigenvalue weighted by molar-refractivity contribution is 7.07. The maximum absolute atomic E-state index is 12.9. The van der Waals surface area contributed by atoms with E-state index in [0.717, 1.165) is 50.2 Å². The number of carbonyl (C=O) groups is 1. The Balaban J connectivity index is 1.45. The van der Waals surface area contributed by atoms with Crippen molar-refractivity contribution in [1.29, 1.82) is 0 Å². The Bertz CT molecular complexity index is 697. The molecule has 2 atom stereocenters. The van der Waals surface area contributed by atoms with Gasteiger partial charge in [0.2, 0.25) is 5.91 Å². The van der Waals surface area contributed by atoms with Crippen LogP contribution in [-0.2, 0) is 4.79 Å². The van der Waals surface area contributed by atoms with E-state index in [4.69, 9.17) is 4.52 Å². The van der Waals surface area contributed by atoms with Crippen LogP contribution in [0.4, 0.5) is 0 Å². The van der Waals surface area contributed by atoms with Crippen molar-refractivity contribution in [3.05, 3.63) is 39.9 Å². The average molecular weight is 345 g/mol. The third-order valence-electron chi connectivity index (χ3n) is 5.18. The van der Waals surface area contributed by atoms with Crippen molar-refractivity contribution < 1.29 is 9.32 Å². The lowest BCUT2D eigenvalue weighted by atomic mass is 10.1. The van der Waals surface area contributed by atoms with E-state index in [2.05, 4.69) is 31.8 Å². The van der Waals surface area contributed by atoms with E-state index < -0.39 is 0 Å². The molecule has 128 valence electrons. The zero-order valence-electron chi connectivity index (χ0n) is 14.0. The summed E-state index contributed by atoms with van der Waals surface area (Å²) in [6.45, 7) is 4.24. The van der Waals surface area contributed by atoms with Gasteiger partial charge in [-0.25, -0.2) is 0 Å². The maximum atomic E-state index is 12.9. The van der Waals surface area contributed by atoms with Gasteiger partial charge in [0.05, 0.1) is 24.3 Å². The molecule has 0 radical (unpaired) electrons. The summed E-state index contributed by atoms with van der Waals surface area (Å²) in [7, 11) is 0. The summed E-state index contributed by atoms with van der Waals surface area (Å²) >= 11 is 1.71. The van der Waals surface area contributed by atoms with Gasteiger partial charge in [-0.1, -0.05) is 5.16 Å². The third-order valence-corrected chi connectivity index (χ3v) is 5.88. The van der Waals surface area contributed by atoms with Crippen LogP contribution >= 0.6 is 11.3 Å². The van der Waals surface area contributed by atoms with Gasteiger partial charge in [0.25, 0.3) is 0 Å². The van der Waals surface area contributed by atoms with Gasteiger partial charge in [-0.15, -0.1) is 0 Å². The van der Waals surface area contributed by atoms with E-state index in [0.29, 0.717) is 6.54 Å². The first-order valence-electron chi connectivity index (χ1n) is 8.71. The van der Waals surface area contributed by atoms with E-state index in [9.17, 15) is 4.79 Å². The predicted octanol–water partition coefficient (Wildman–Crippen LogP) is 3.55. The molecule has 1 amide bonds. The van der Waals surface area contributed by atoms with Gasteiger partial charge in [0.1, 0.15) is 0 Å². The van der Waals surface area contributed by atoms with Gasteiger partial charge in [0, 0.05) is 12.6 Å². The molecule has 2 saturated heterocycles. The Morgan fingerprint density at radius 1 is 1.33 bits per heavy atom. The van der Waals surface area contributed by atoms with E-state index in [1.807, 2.05) is 13.0 Å². The SMILES string of the molecule is Cc1cc([C@H]2CCCN2CC(=O)N2CCC[C@H]2c2ccsc2)on1. The van der Waals surface area contributed by atoms with E-state index in [-0.39, 0.29) is 18.0 Å². The minimum atomic E-state index is 0.192. The average Bonchev–Trinajstić information content (AvgIpc) is 3.34. The molecule has 4 rings (SSSR count). The molecule has 24 heavy (non-hydrogen) atoms. The monoisotopic (exact) mass is 345 g/mol. The Morgan fingerprint density at radius 3 is 2.92 bits per heavy atom. The van der Waals surface area contributed by atoms with Crippen LogP contribution in [-0.4, -0.2) is 40.5 Å².